The Morgan fingerprint density at radius 2 is 0.944 bits per heavy atom. The molecule has 11 nitrogen and oxygen atoms in total. The number of hydrogen-bond acceptors (Lipinski definition) is 11. The van der Waals surface area contributed by atoms with Crippen molar-refractivity contribution in [3.63, 3.8) is 0 Å². The first-order valence-electron chi connectivity index (χ1n) is 3.03. The third-order valence-corrected chi connectivity index (χ3v) is 3.00. The Morgan fingerprint density at radius 3 is 0.944 bits per heavy atom. The third-order valence-electron chi connectivity index (χ3n) is 0.333. The molecule has 0 aliphatic rings. The summed E-state index contributed by atoms with van der Waals surface area (Å²) in [5, 5.41) is 7.33. The maximum absolute atomic E-state index is 9.29. The summed E-state index contributed by atoms with van der Waals surface area (Å²) in [5.41, 5.74) is 0. The van der Waals surface area contributed by atoms with Crippen LogP contribution >= 0.6 is 44.6 Å². The van der Waals surface area contributed by atoms with E-state index in [0.29, 0.717) is 0 Å². The van der Waals surface area contributed by atoms with Crippen molar-refractivity contribution in [2.45, 2.75) is 0 Å². The zero-order chi connectivity index (χ0) is 14.4. The molecule has 0 heterocycles. The van der Waals surface area contributed by atoms with Crippen LogP contribution in [-0.4, -0.2) is 11.2 Å². The molecule has 18 heavy (non-hydrogen) atoms. The third kappa shape index (κ3) is 52.6. The summed E-state index contributed by atoms with van der Waals surface area (Å²) in [7, 11) is -14.1. The molecule has 0 aliphatic heterocycles. The summed E-state index contributed by atoms with van der Waals surface area (Å²) in [6.45, 7) is 0. The van der Waals surface area contributed by atoms with Crippen LogP contribution in [0.4, 0.5) is 0 Å². The largest absolute Gasteiger partial charge is 4.00 e. The first kappa shape index (κ1) is 27.9. The van der Waals surface area contributed by atoms with Crippen LogP contribution in [-0.2, 0) is 47.9 Å². The zero-order valence-corrected chi connectivity index (χ0v) is 14.8. The van der Waals surface area contributed by atoms with Crippen molar-refractivity contribution in [2.75, 3.05) is 6.07 Å². The fourth-order valence-electron chi connectivity index (χ4n) is 0.136. The first-order chi connectivity index (χ1) is 7.67. The average molecular weight is 450 g/mol. The van der Waals surface area contributed by atoms with Crippen LogP contribution in [0.2, 0.25) is 0 Å². The van der Waals surface area contributed by atoms with Crippen LogP contribution in [0.5, 0.6) is 0 Å². The second-order valence-electron chi connectivity index (χ2n) is 1.32. The van der Waals surface area contributed by atoms with E-state index >= 15 is 0 Å². The molecular weight excluding hydrogens is 443 g/mol. The molecule has 17 heteroatoms. The second-order valence-corrected chi connectivity index (χ2v) is 5.20. The molecule has 0 fully saturated rings. The number of rotatable bonds is 4. The standard InChI is InChI=1S/CH3ClO.Mo.2H4O5P2/c2-1-3;;2*1-6(2)5-7(3)4/h3H,1H2;;2*6-7H,(H,1,2)(H,3,4)/q;+4;;/p-4. The maximum atomic E-state index is 9.29. The number of halogens is 1. The normalized spacial score (nSPS) is 15.4. The smallest absolute Gasteiger partial charge is 0.781 e. The molecular formula is CH7ClMoO11P4. The minimum Gasteiger partial charge on any atom is -0.781 e. The minimum absolute atomic E-state index is 0. The van der Waals surface area contributed by atoms with Gasteiger partial charge < -0.3 is 42.9 Å². The van der Waals surface area contributed by atoms with Gasteiger partial charge in [0.25, 0.3) is 0 Å². The van der Waals surface area contributed by atoms with E-state index in [1.165, 1.54) is 0 Å². The Balaban J connectivity index is -0.0000000857. The van der Waals surface area contributed by atoms with E-state index in [9.17, 15) is 37.8 Å². The van der Waals surface area contributed by atoms with Crippen molar-refractivity contribution < 1.29 is 72.6 Å². The van der Waals surface area contributed by atoms with Crippen LogP contribution in [0.25, 0.3) is 0 Å². The molecule has 110 valence electrons. The van der Waals surface area contributed by atoms with Gasteiger partial charge >= 0.3 is 21.1 Å². The summed E-state index contributed by atoms with van der Waals surface area (Å²) in [6.07, 6.45) is 0. The van der Waals surface area contributed by atoms with Gasteiger partial charge in [-0.05, 0) is 0 Å². The van der Waals surface area contributed by atoms with Gasteiger partial charge in [-0.1, -0.05) is 11.6 Å². The van der Waals surface area contributed by atoms with Gasteiger partial charge in [0.2, 0.25) is 0 Å². The first-order valence-corrected chi connectivity index (χ1v) is 8.47. The van der Waals surface area contributed by atoms with Crippen molar-refractivity contribution in [1.29, 1.82) is 0 Å². The fraction of sp³-hybridized carbons (Fsp3) is 1.00. The molecule has 4 atom stereocenters. The van der Waals surface area contributed by atoms with Crippen molar-refractivity contribution in [3.05, 3.63) is 0 Å². The van der Waals surface area contributed by atoms with E-state index < -0.39 is 33.0 Å². The Labute approximate surface area is 123 Å². The number of alkyl halides is 1. The number of aliphatic hydroxyl groups is 1. The van der Waals surface area contributed by atoms with Crippen molar-refractivity contribution in [2.24, 2.45) is 0 Å². The molecule has 0 spiro atoms. The predicted molar refractivity (Wildman–Crippen MR) is 51.1 cm³/mol. The van der Waals surface area contributed by atoms with E-state index in [4.69, 9.17) is 5.11 Å². The summed E-state index contributed by atoms with van der Waals surface area (Å²) in [5.74, 6) is 0. The maximum Gasteiger partial charge on any atom is 4.00 e. The Morgan fingerprint density at radius 1 is 0.833 bits per heavy atom. The molecule has 0 saturated heterocycles. The van der Waals surface area contributed by atoms with Gasteiger partial charge in [0.15, 0.2) is 0 Å². The van der Waals surface area contributed by atoms with Gasteiger partial charge in [-0.15, -0.1) is 0 Å². The Hall–Kier alpha value is 1.62. The van der Waals surface area contributed by atoms with Crippen molar-refractivity contribution >= 4 is 44.6 Å². The second kappa shape index (κ2) is 20.9. The van der Waals surface area contributed by atoms with E-state index in [0.717, 1.165) is 0 Å². The summed E-state index contributed by atoms with van der Waals surface area (Å²) in [4.78, 5) is 37.1. The van der Waals surface area contributed by atoms with Crippen molar-refractivity contribution in [3.8, 4) is 0 Å². The molecule has 0 aromatic heterocycles. The van der Waals surface area contributed by atoms with Crippen LogP contribution in [0, 0.1) is 0 Å². The number of hydrogen-bond donors (Lipinski definition) is 1. The molecule has 0 aromatic carbocycles. The topological polar surface area (TPSA) is 199 Å². The molecule has 0 aliphatic carbocycles. The fourth-order valence-corrected chi connectivity index (χ4v) is 1.22. The SMILES string of the molecule is O=[PH]([O-])O[PH](=O)[O-].O=[PH]([O-])O[PH](=O)[O-].OCCl.[Mo+4]. The Bertz CT molecular complexity index is 220. The molecule has 0 saturated carbocycles. The average Bonchev–Trinajstić information content (AvgIpc) is 1.99. The van der Waals surface area contributed by atoms with Crippen LogP contribution in [0.1, 0.15) is 0 Å². The van der Waals surface area contributed by atoms with Gasteiger partial charge in [0, 0.05) is 0 Å². The van der Waals surface area contributed by atoms with Gasteiger partial charge in [-0.25, -0.2) is 0 Å². The Kier molecular flexibility index (Phi) is 32.4. The van der Waals surface area contributed by atoms with E-state index in [2.05, 4.69) is 20.2 Å². The molecule has 0 rings (SSSR count). The van der Waals surface area contributed by atoms with Gasteiger partial charge in [0.1, 0.15) is 39.1 Å². The molecule has 4 unspecified atom stereocenters. The van der Waals surface area contributed by atoms with Gasteiger partial charge in [-0.2, -0.15) is 0 Å². The molecule has 0 amide bonds. The van der Waals surface area contributed by atoms with E-state index in [1.807, 2.05) is 0 Å². The summed E-state index contributed by atoms with van der Waals surface area (Å²) in [6, 6.07) is -0.278. The van der Waals surface area contributed by atoms with Crippen molar-refractivity contribution in [1.82, 2.24) is 0 Å². The molecule has 0 bridgehead atoms. The quantitative estimate of drug-likeness (QED) is 0.263. The number of aliphatic hydroxyl groups excluding tert-OH is 1. The minimum atomic E-state index is -3.51. The van der Waals surface area contributed by atoms with Crippen LogP contribution < -0.4 is 19.6 Å². The summed E-state index contributed by atoms with van der Waals surface area (Å²) < 4.78 is 43.6. The van der Waals surface area contributed by atoms with E-state index in [-0.39, 0.29) is 27.1 Å². The van der Waals surface area contributed by atoms with Gasteiger partial charge in [-0.3, -0.25) is 8.62 Å². The molecule has 0 aromatic rings. The molecule has 0 radical (unpaired) electrons. The van der Waals surface area contributed by atoms with Gasteiger partial charge in [0.05, 0.1) is 0 Å². The van der Waals surface area contributed by atoms with Crippen LogP contribution in [0.15, 0.2) is 0 Å². The monoisotopic (exact) mass is 452 g/mol. The molecule has 1 N–H and O–H groups in total. The van der Waals surface area contributed by atoms with Crippen LogP contribution in [0.3, 0.4) is 0 Å². The summed E-state index contributed by atoms with van der Waals surface area (Å²) >= 11 is 4.55. The zero-order valence-electron chi connectivity index (χ0n) is 8.02. The predicted octanol–water partition coefficient (Wildman–Crippen LogP) is -2.82. The van der Waals surface area contributed by atoms with E-state index in [1.54, 1.807) is 0 Å².